The first-order valence-electron chi connectivity index (χ1n) is 5.20. The van der Waals surface area contributed by atoms with Gasteiger partial charge < -0.3 is 9.64 Å². The minimum atomic E-state index is -0.193. The van der Waals surface area contributed by atoms with E-state index in [4.69, 9.17) is 4.74 Å². The van der Waals surface area contributed by atoms with E-state index in [-0.39, 0.29) is 11.9 Å². The van der Waals surface area contributed by atoms with Crippen LogP contribution >= 0.6 is 0 Å². The molecule has 0 saturated carbocycles. The standard InChI is InChI=1S/C10H16N2O3/c1-2-15-5-3-4-12-7-9(11-8-13)6-10(12)14/h9H,2-7H2,1H3. The van der Waals surface area contributed by atoms with Crippen LogP contribution in [0.15, 0.2) is 4.99 Å². The largest absolute Gasteiger partial charge is 0.382 e. The fourth-order valence-electron chi connectivity index (χ4n) is 1.63. The van der Waals surface area contributed by atoms with Crippen LogP contribution < -0.4 is 0 Å². The van der Waals surface area contributed by atoms with Crippen molar-refractivity contribution in [3.63, 3.8) is 0 Å². The molecule has 5 heteroatoms. The molecule has 0 aromatic rings. The van der Waals surface area contributed by atoms with Crippen molar-refractivity contribution >= 4 is 12.0 Å². The van der Waals surface area contributed by atoms with E-state index in [2.05, 4.69) is 4.99 Å². The number of ether oxygens (including phenoxy) is 1. The summed E-state index contributed by atoms with van der Waals surface area (Å²) < 4.78 is 5.18. The maximum atomic E-state index is 11.4. The Bertz CT molecular complexity index is 261. The SMILES string of the molecule is CCOCCCN1CC(N=C=O)CC1=O. The second-order valence-electron chi connectivity index (χ2n) is 3.47. The van der Waals surface area contributed by atoms with Crippen molar-refractivity contribution in [1.29, 1.82) is 0 Å². The number of isocyanates is 1. The summed E-state index contributed by atoms with van der Waals surface area (Å²) in [5.74, 6) is 0.0653. The monoisotopic (exact) mass is 212 g/mol. The molecule has 1 fully saturated rings. The maximum Gasteiger partial charge on any atom is 0.235 e. The van der Waals surface area contributed by atoms with E-state index in [0.717, 1.165) is 6.42 Å². The second kappa shape index (κ2) is 6.32. The van der Waals surface area contributed by atoms with Gasteiger partial charge in [0.05, 0.1) is 12.5 Å². The van der Waals surface area contributed by atoms with Crippen LogP contribution in [-0.2, 0) is 14.3 Å². The third-order valence-electron chi connectivity index (χ3n) is 2.35. The number of hydrogen-bond donors (Lipinski definition) is 0. The molecule has 1 heterocycles. The number of nitrogens with zero attached hydrogens (tertiary/aromatic N) is 2. The number of amides is 1. The van der Waals surface area contributed by atoms with Crippen LogP contribution in [-0.4, -0.2) is 49.2 Å². The predicted molar refractivity (Wildman–Crippen MR) is 54.2 cm³/mol. The fourth-order valence-corrected chi connectivity index (χ4v) is 1.63. The van der Waals surface area contributed by atoms with E-state index < -0.39 is 0 Å². The molecule has 0 aromatic carbocycles. The fraction of sp³-hybridized carbons (Fsp3) is 0.800. The number of carbonyl (C=O) groups is 1. The van der Waals surface area contributed by atoms with Crippen molar-refractivity contribution in [2.45, 2.75) is 25.8 Å². The zero-order valence-corrected chi connectivity index (χ0v) is 8.94. The minimum absolute atomic E-state index is 0.0653. The van der Waals surface area contributed by atoms with Gasteiger partial charge in [0, 0.05) is 26.3 Å². The summed E-state index contributed by atoms with van der Waals surface area (Å²) in [6, 6.07) is -0.193. The van der Waals surface area contributed by atoms with Gasteiger partial charge in [-0.15, -0.1) is 0 Å². The van der Waals surface area contributed by atoms with Gasteiger partial charge in [-0.25, -0.2) is 9.79 Å². The van der Waals surface area contributed by atoms with Crippen molar-refractivity contribution in [2.75, 3.05) is 26.3 Å². The molecule has 1 amide bonds. The van der Waals surface area contributed by atoms with Crippen molar-refractivity contribution < 1.29 is 14.3 Å². The van der Waals surface area contributed by atoms with Gasteiger partial charge >= 0.3 is 0 Å². The first-order valence-corrected chi connectivity index (χ1v) is 5.20. The highest BCUT2D eigenvalue weighted by molar-refractivity contribution is 5.79. The zero-order chi connectivity index (χ0) is 11.1. The highest BCUT2D eigenvalue weighted by Gasteiger charge is 2.28. The average Bonchev–Trinajstić information content (AvgIpc) is 2.55. The van der Waals surface area contributed by atoms with Crippen LogP contribution in [0.5, 0.6) is 0 Å². The molecular formula is C10H16N2O3. The van der Waals surface area contributed by atoms with Gasteiger partial charge in [0.15, 0.2) is 0 Å². The van der Waals surface area contributed by atoms with Crippen LogP contribution in [0.2, 0.25) is 0 Å². The van der Waals surface area contributed by atoms with E-state index in [1.54, 1.807) is 4.90 Å². The van der Waals surface area contributed by atoms with E-state index in [1.165, 1.54) is 6.08 Å². The number of aliphatic imine (C=N–C) groups is 1. The van der Waals surface area contributed by atoms with Crippen molar-refractivity contribution in [2.24, 2.45) is 4.99 Å². The molecule has 5 nitrogen and oxygen atoms in total. The Morgan fingerprint density at radius 3 is 3.13 bits per heavy atom. The van der Waals surface area contributed by atoms with Crippen molar-refractivity contribution in [3.05, 3.63) is 0 Å². The van der Waals surface area contributed by atoms with Gasteiger partial charge in [0.2, 0.25) is 12.0 Å². The molecule has 1 rings (SSSR count). The lowest BCUT2D eigenvalue weighted by molar-refractivity contribution is -0.127. The molecule has 15 heavy (non-hydrogen) atoms. The normalized spacial score (nSPS) is 20.5. The zero-order valence-electron chi connectivity index (χ0n) is 8.94. The third kappa shape index (κ3) is 3.81. The summed E-state index contributed by atoms with van der Waals surface area (Å²) in [5, 5.41) is 0. The number of carbonyl (C=O) groups excluding carboxylic acids is 2. The van der Waals surface area contributed by atoms with Crippen LogP contribution in [0.3, 0.4) is 0 Å². The van der Waals surface area contributed by atoms with Gasteiger partial charge in [-0.05, 0) is 13.3 Å². The molecule has 1 unspecified atom stereocenters. The minimum Gasteiger partial charge on any atom is -0.382 e. The summed E-state index contributed by atoms with van der Waals surface area (Å²) in [4.78, 5) is 26.7. The Hall–Kier alpha value is -1.19. The third-order valence-corrected chi connectivity index (χ3v) is 2.35. The van der Waals surface area contributed by atoms with E-state index in [0.29, 0.717) is 32.7 Å². The molecule has 1 saturated heterocycles. The van der Waals surface area contributed by atoms with Gasteiger partial charge in [0.1, 0.15) is 0 Å². The van der Waals surface area contributed by atoms with Crippen molar-refractivity contribution in [3.8, 4) is 0 Å². The Labute approximate surface area is 89.1 Å². The van der Waals surface area contributed by atoms with Crippen LogP contribution in [0.4, 0.5) is 0 Å². The molecule has 0 spiro atoms. The molecule has 0 aliphatic carbocycles. The topological polar surface area (TPSA) is 59.0 Å². The van der Waals surface area contributed by atoms with Crippen LogP contribution in [0, 0.1) is 0 Å². The Morgan fingerprint density at radius 2 is 2.47 bits per heavy atom. The molecular weight excluding hydrogens is 196 g/mol. The summed E-state index contributed by atoms with van der Waals surface area (Å²) in [6.45, 7) is 4.54. The van der Waals surface area contributed by atoms with Crippen LogP contribution in [0.1, 0.15) is 19.8 Å². The number of likely N-dealkylation sites (tertiary alicyclic amines) is 1. The van der Waals surface area contributed by atoms with Gasteiger partial charge in [0.25, 0.3) is 0 Å². The lowest BCUT2D eigenvalue weighted by Gasteiger charge is -2.15. The Morgan fingerprint density at radius 1 is 1.67 bits per heavy atom. The first kappa shape index (κ1) is 11.9. The average molecular weight is 212 g/mol. The quantitative estimate of drug-likeness (QED) is 0.362. The molecule has 1 aliphatic rings. The second-order valence-corrected chi connectivity index (χ2v) is 3.47. The molecule has 84 valence electrons. The summed E-state index contributed by atoms with van der Waals surface area (Å²) >= 11 is 0. The maximum absolute atomic E-state index is 11.4. The van der Waals surface area contributed by atoms with Crippen molar-refractivity contribution in [1.82, 2.24) is 4.90 Å². The number of hydrogen-bond acceptors (Lipinski definition) is 4. The summed E-state index contributed by atoms with van der Waals surface area (Å²) in [5.41, 5.74) is 0. The lowest BCUT2D eigenvalue weighted by atomic mass is 10.3. The highest BCUT2D eigenvalue weighted by Crippen LogP contribution is 2.13. The van der Waals surface area contributed by atoms with E-state index in [9.17, 15) is 9.59 Å². The van der Waals surface area contributed by atoms with Gasteiger partial charge in [-0.3, -0.25) is 4.79 Å². The lowest BCUT2D eigenvalue weighted by Crippen LogP contribution is -2.27. The van der Waals surface area contributed by atoms with E-state index in [1.807, 2.05) is 6.92 Å². The molecule has 1 atom stereocenters. The molecule has 0 bridgehead atoms. The predicted octanol–water partition coefficient (Wildman–Crippen LogP) is 0.350. The molecule has 1 aliphatic heterocycles. The smallest absolute Gasteiger partial charge is 0.235 e. The summed E-state index contributed by atoms with van der Waals surface area (Å²) in [7, 11) is 0. The molecule has 0 aromatic heterocycles. The first-order chi connectivity index (χ1) is 7.27. The van der Waals surface area contributed by atoms with Gasteiger partial charge in [-0.1, -0.05) is 0 Å². The summed E-state index contributed by atoms with van der Waals surface area (Å²) in [6.07, 6.45) is 2.67. The van der Waals surface area contributed by atoms with E-state index >= 15 is 0 Å². The number of rotatable bonds is 6. The van der Waals surface area contributed by atoms with Crippen LogP contribution in [0.25, 0.3) is 0 Å². The molecule has 0 radical (unpaired) electrons. The Kier molecular flexibility index (Phi) is 5.01. The molecule has 0 N–H and O–H groups in total. The highest BCUT2D eigenvalue weighted by atomic mass is 16.5. The van der Waals surface area contributed by atoms with Gasteiger partial charge in [-0.2, -0.15) is 0 Å². The Balaban J connectivity index is 2.25.